The van der Waals surface area contributed by atoms with E-state index in [9.17, 15) is 0 Å². The van der Waals surface area contributed by atoms with Gasteiger partial charge in [0, 0.05) is 39.5 Å². The lowest BCUT2D eigenvalue weighted by atomic mass is 10.0. The first-order valence-electron chi connectivity index (χ1n) is 17.1. The van der Waals surface area contributed by atoms with Gasteiger partial charge in [-0.05, 0) is 99.8 Å². The summed E-state index contributed by atoms with van der Waals surface area (Å²) in [4.78, 5) is 7.10. The Bertz CT molecular complexity index is 2850. The molecule has 0 atom stereocenters. The molecule has 0 aliphatic carbocycles. The van der Waals surface area contributed by atoms with Gasteiger partial charge in [0.15, 0.2) is 5.58 Å². The molecule has 0 aliphatic heterocycles. The summed E-state index contributed by atoms with van der Waals surface area (Å²) in [6.45, 7) is 0. The topological polar surface area (TPSA) is 42.4 Å². The smallest absolute Gasteiger partial charge is 0.227 e. The minimum atomic E-state index is 0.608. The van der Waals surface area contributed by atoms with Crippen LogP contribution < -0.4 is 4.90 Å². The Labute approximate surface area is 294 Å². The zero-order chi connectivity index (χ0) is 33.7. The molecule has 0 fully saturated rings. The van der Waals surface area contributed by atoms with E-state index in [1.807, 2.05) is 36.4 Å². The van der Waals surface area contributed by atoms with E-state index in [1.165, 1.54) is 21.9 Å². The van der Waals surface area contributed by atoms with Crippen LogP contribution in [-0.4, -0.2) is 4.98 Å². The van der Waals surface area contributed by atoms with Crippen LogP contribution in [0.3, 0.4) is 0 Å². The average Bonchev–Trinajstić information content (AvgIpc) is 3.78. The summed E-state index contributed by atoms with van der Waals surface area (Å²) in [5.41, 5.74) is 11.9. The molecule has 0 bridgehead atoms. The van der Waals surface area contributed by atoms with E-state index in [2.05, 4.69) is 150 Å². The Morgan fingerprint density at radius 2 is 0.980 bits per heavy atom. The van der Waals surface area contributed by atoms with Crippen molar-refractivity contribution in [2.24, 2.45) is 0 Å². The van der Waals surface area contributed by atoms with Gasteiger partial charge in [-0.3, -0.25) is 0 Å². The van der Waals surface area contributed by atoms with E-state index in [0.717, 1.165) is 61.2 Å². The molecule has 10 rings (SSSR count). The Morgan fingerprint density at radius 3 is 1.80 bits per heavy atom. The summed E-state index contributed by atoms with van der Waals surface area (Å²) in [7, 11) is 0. The fourth-order valence-corrected chi connectivity index (χ4v) is 7.10. The Balaban J connectivity index is 1.02. The van der Waals surface area contributed by atoms with Crippen LogP contribution in [0.5, 0.6) is 0 Å². The molecule has 0 N–H and O–H groups in total. The van der Waals surface area contributed by atoms with Crippen molar-refractivity contribution in [2.75, 3.05) is 4.90 Å². The SMILES string of the molecule is c1ccc(-c2cccc(N(c3ccc(-c4ccc5c(c4)oc4cc6oc(-c7ccccc7)nc6cc45)cc3)c3ccc4ccccc4c3)c2)cc1. The zero-order valence-corrected chi connectivity index (χ0v) is 27.5. The fraction of sp³-hybridized carbons (Fsp3) is 0. The van der Waals surface area contributed by atoms with E-state index in [0.29, 0.717) is 11.5 Å². The second kappa shape index (κ2) is 11.9. The molecule has 4 heteroatoms. The molecule has 4 nitrogen and oxygen atoms in total. The predicted octanol–water partition coefficient (Wildman–Crippen LogP) is 13.4. The lowest BCUT2D eigenvalue weighted by Gasteiger charge is -2.26. The van der Waals surface area contributed by atoms with Gasteiger partial charge in [-0.15, -0.1) is 0 Å². The summed E-state index contributed by atoms with van der Waals surface area (Å²) in [5.74, 6) is 0.608. The molecule has 0 saturated carbocycles. The molecule has 2 aromatic heterocycles. The minimum Gasteiger partial charge on any atom is -0.456 e. The van der Waals surface area contributed by atoms with Gasteiger partial charge in [0.2, 0.25) is 5.89 Å². The lowest BCUT2D eigenvalue weighted by molar-refractivity contribution is 0.617. The number of fused-ring (bicyclic) bond motifs is 5. The number of nitrogens with zero attached hydrogens (tertiary/aromatic N) is 2. The van der Waals surface area contributed by atoms with Crippen molar-refractivity contribution < 1.29 is 8.83 Å². The molecule has 240 valence electrons. The highest BCUT2D eigenvalue weighted by Crippen LogP contribution is 2.40. The van der Waals surface area contributed by atoms with Crippen molar-refractivity contribution in [1.82, 2.24) is 4.98 Å². The van der Waals surface area contributed by atoms with Crippen molar-refractivity contribution in [3.05, 3.63) is 182 Å². The number of furan rings is 1. The maximum Gasteiger partial charge on any atom is 0.227 e. The molecule has 0 spiro atoms. The second-order valence-electron chi connectivity index (χ2n) is 12.8. The van der Waals surface area contributed by atoms with Crippen LogP contribution in [0, 0.1) is 0 Å². The van der Waals surface area contributed by atoms with Gasteiger partial charge >= 0.3 is 0 Å². The Hall–Kier alpha value is -6.91. The van der Waals surface area contributed by atoms with Crippen LogP contribution in [0.15, 0.2) is 191 Å². The highest BCUT2D eigenvalue weighted by atomic mass is 16.4. The maximum atomic E-state index is 6.40. The van der Waals surface area contributed by atoms with Crippen LogP contribution >= 0.6 is 0 Å². The maximum absolute atomic E-state index is 6.40. The van der Waals surface area contributed by atoms with E-state index in [4.69, 9.17) is 13.8 Å². The first kappa shape index (κ1) is 29.0. The quantitative estimate of drug-likeness (QED) is 0.179. The van der Waals surface area contributed by atoms with Gasteiger partial charge in [0.05, 0.1) is 0 Å². The molecule has 0 saturated heterocycles. The number of benzene rings is 8. The number of aromatic nitrogens is 1. The van der Waals surface area contributed by atoms with E-state index >= 15 is 0 Å². The summed E-state index contributed by atoms with van der Waals surface area (Å²) in [5, 5.41) is 4.50. The minimum absolute atomic E-state index is 0.608. The van der Waals surface area contributed by atoms with Crippen LogP contribution in [-0.2, 0) is 0 Å². The summed E-state index contributed by atoms with van der Waals surface area (Å²) in [6, 6.07) is 63.7. The summed E-state index contributed by atoms with van der Waals surface area (Å²) in [6.07, 6.45) is 0. The van der Waals surface area contributed by atoms with E-state index in [1.54, 1.807) is 0 Å². The van der Waals surface area contributed by atoms with Crippen LogP contribution in [0.2, 0.25) is 0 Å². The number of oxazole rings is 1. The van der Waals surface area contributed by atoms with E-state index in [-0.39, 0.29) is 0 Å². The van der Waals surface area contributed by atoms with Crippen LogP contribution in [0.4, 0.5) is 17.1 Å². The standard InChI is InChI=1S/C47H30N2O2/c1-3-10-31(11-4-1)36-16-9-17-39(26-36)49(40-24-20-32-12-7-8-15-35(32)27-40)38-22-18-33(19-23-38)37-21-25-41-42-29-43-46(30-45(42)50-44(41)28-37)51-47(48-43)34-13-5-2-6-14-34/h1-30H. The molecular weight excluding hydrogens is 625 g/mol. The first-order chi connectivity index (χ1) is 25.2. The zero-order valence-electron chi connectivity index (χ0n) is 27.5. The van der Waals surface area contributed by atoms with Gasteiger partial charge < -0.3 is 13.7 Å². The van der Waals surface area contributed by atoms with Gasteiger partial charge in [-0.25, -0.2) is 4.98 Å². The first-order valence-corrected chi connectivity index (χ1v) is 17.1. The molecule has 0 amide bonds. The molecular formula is C47H30N2O2. The van der Waals surface area contributed by atoms with Crippen LogP contribution in [0.25, 0.3) is 77.5 Å². The molecule has 0 aliphatic rings. The third-order valence-electron chi connectivity index (χ3n) is 9.66. The molecule has 10 aromatic rings. The van der Waals surface area contributed by atoms with Crippen molar-refractivity contribution in [3.8, 4) is 33.7 Å². The molecule has 0 radical (unpaired) electrons. The fourth-order valence-electron chi connectivity index (χ4n) is 7.10. The van der Waals surface area contributed by atoms with E-state index < -0.39 is 0 Å². The summed E-state index contributed by atoms with van der Waals surface area (Å²) < 4.78 is 12.5. The average molecular weight is 655 g/mol. The van der Waals surface area contributed by atoms with Gasteiger partial charge in [0.1, 0.15) is 16.7 Å². The lowest BCUT2D eigenvalue weighted by Crippen LogP contribution is -2.10. The Morgan fingerprint density at radius 1 is 0.353 bits per heavy atom. The number of rotatable bonds is 6. The third-order valence-corrected chi connectivity index (χ3v) is 9.66. The molecule has 2 heterocycles. The highest BCUT2D eigenvalue weighted by molar-refractivity contribution is 6.09. The second-order valence-corrected chi connectivity index (χ2v) is 12.8. The monoisotopic (exact) mass is 654 g/mol. The van der Waals surface area contributed by atoms with Gasteiger partial charge in [-0.1, -0.05) is 109 Å². The summed E-state index contributed by atoms with van der Waals surface area (Å²) >= 11 is 0. The predicted molar refractivity (Wildman–Crippen MR) is 210 cm³/mol. The number of hydrogen-bond acceptors (Lipinski definition) is 4. The molecule has 0 unspecified atom stereocenters. The van der Waals surface area contributed by atoms with Gasteiger partial charge in [-0.2, -0.15) is 0 Å². The highest BCUT2D eigenvalue weighted by Gasteiger charge is 2.17. The van der Waals surface area contributed by atoms with Gasteiger partial charge in [0.25, 0.3) is 0 Å². The Kier molecular flexibility index (Phi) is 6.78. The number of anilines is 3. The van der Waals surface area contributed by atoms with Crippen molar-refractivity contribution >= 4 is 60.9 Å². The van der Waals surface area contributed by atoms with Crippen LogP contribution in [0.1, 0.15) is 0 Å². The molecule has 8 aromatic carbocycles. The van der Waals surface area contributed by atoms with Crippen molar-refractivity contribution in [2.45, 2.75) is 0 Å². The normalized spacial score (nSPS) is 11.5. The largest absolute Gasteiger partial charge is 0.456 e. The van der Waals surface area contributed by atoms with Crippen molar-refractivity contribution in [1.29, 1.82) is 0 Å². The third kappa shape index (κ3) is 5.22. The molecule has 51 heavy (non-hydrogen) atoms. The van der Waals surface area contributed by atoms with Crippen molar-refractivity contribution in [3.63, 3.8) is 0 Å². The number of hydrogen-bond donors (Lipinski definition) is 0.